The second-order valence-corrected chi connectivity index (χ2v) is 5.44. The number of nitrogen functional groups attached to an aromatic ring is 1. The maximum Gasteiger partial charge on any atom is 0.187 e. The fourth-order valence-corrected chi connectivity index (χ4v) is 2.18. The van der Waals surface area contributed by atoms with Crippen LogP contribution < -0.4 is 5.73 Å². The fourth-order valence-electron chi connectivity index (χ4n) is 1.94. The summed E-state index contributed by atoms with van der Waals surface area (Å²) in [6, 6.07) is 10.3. The second-order valence-electron chi connectivity index (χ2n) is 4.58. The summed E-state index contributed by atoms with van der Waals surface area (Å²) in [5.74, 6) is 0.196. The quantitative estimate of drug-likeness (QED) is 0.723. The van der Waals surface area contributed by atoms with Gasteiger partial charge in [-0.25, -0.2) is 4.39 Å². The van der Waals surface area contributed by atoms with Crippen LogP contribution in [0, 0.1) is 12.7 Å². The van der Waals surface area contributed by atoms with Crippen LogP contribution in [0.2, 0.25) is 0 Å². The van der Waals surface area contributed by atoms with Crippen molar-refractivity contribution in [2.45, 2.75) is 6.92 Å². The van der Waals surface area contributed by atoms with Crippen LogP contribution in [0.3, 0.4) is 0 Å². The Kier molecular flexibility index (Phi) is 3.42. The highest BCUT2D eigenvalue weighted by Crippen LogP contribution is 2.27. The highest BCUT2D eigenvalue weighted by molar-refractivity contribution is 9.10. The Balaban J connectivity index is 2.12. The van der Waals surface area contributed by atoms with Gasteiger partial charge in [-0.05, 0) is 69.2 Å². The molecule has 2 aromatic carbocycles. The molecule has 0 radical (unpaired) electrons. The van der Waals surface area contributed by atoms with Gasteiger partial charge in [-0.3, -0.25) is 0 Å². The van der Waals surface area contributed by atoms with E-state index in [0.717, 1.165) is 10.0 Å². The molecule has 0 aliphatic heterocycles. The molecule has 0 spiro atoms. The topological polar surface area (TPSA) is 69.6 Å². The van der Waals surface area contributed by atoms with Crippen LogP contribution in [0.25, 0.3) is 17.1 Å². The van der Waals surface area contributed by atoms with Gasteiger partial charge in [0.25, 0.3) is 0 Å². The summed E-state index contributed by atoms with van der Waals surface area (Å²) in [5.41, 5.74) is 8.33. The predicted molar refractivity (Wildman–Crippen MR) is 81.4 cm³/mol. The molecular formula is C14H11BrFN5. The summed E-state index contributed by atoms with van der Waals surface area (Å²) in [7, 11) is 0. The van der Waals surface area contributed by atoms with Crippen molar-refractivity contribution < 1.29 is 4.39 Å². The molecule has 0 unspecified atom stereocenters. The molecule has 106 valence electrons. The van der Waals surface area contributed by atoms with Crippen molar-refractivity contribution in [2.24, 2.45) is 0 Å². The number of nitrogens with zero attached hydrogens (tertiary/aromatic N) is 4. The lowest BCUT2D eigenvalue weighted by Gasteiger charge is -2.07. The van der Waals surface area contributed by atoms with E-state index < -0.39 is 0 Å². The van der Waals surface area contributed by atoms with Gasteiger partial charge in [-0.2, -0.15) is 4.68 Å². The lowest BCUT2D eigenvalue weighted by atomic mass is 10.1. The van der Waals surface area contributed by atoms with Gasteiger partial charge in [0.1, 0.15) is 5.82 Å². The van der Waals surface area contributed by atoms with Gasteiger partial charge < -0.3 is 5.73 Å². The van der Waals surface area contributed by atoms with Gasteiger partial charge in [0.2, 0.25) is 0 Å². The van der Waals surface area contributed by atoms with E-state index in [1.807, 2.05) is 12.1 Å². The third-order valence-corrected chi connectivity index (χ3v) is 3.85. The van der Waals surface area contributed by atoms with Crippen LogP contribution in [0.4, 0.5) is 10.1 Å². The number of anilines is 1. The van der Waals surface area contributed by atoms with Crippen molar-refractivity contribution in [2.75, 3.05) is 5.73 Å². The van der Waals surface area contributed by atoms with Crippen LogP contribution in [-0.4, -0.2) is 20.2 Å². The van der Waals surface area contributed by atoms with E-state index in [0.29, 0.717) is 22.8 Å². The minimum Gasteiger partial charge on any atom is -0.398 e. The molecule has 0 atom stereocenters. The molecule has 0 aliphatic rings. The third-order valence-electron chi connectivity index (χ3n) is 3.12. The maximum absolute atomic E-state index is 13.7. The van der Waals surface area contributed by atoms with Crippen LogP contribution >= 0.6 is 15.9 Å². The largest absolute Gasteiger partial charge is 0.398 e. The predicted octanol–water partition coefficient (Wildman–Crippen LogP) is 3.12. The number of aryl methyl sites for hydroxylation is 1. The Hall–Kier alpha value is -2.28. The Morgan fingerprint density at radius 1 is 1.19 bits per heavy atom. The van der Waals surface area contributed by atoms with Gasteiger partial charge >= 0.3 is 0 Å². The summed E-state index contributed by atoms with van der Waals surface area (Å²) in [4.78, 5) is 0. The monoisotopic (exact) mass is 347 g/mol. The van der Waals surface area contributed by atoms with E-state index >= 15 is 0 Å². The summed E-state index contributed by atoms with van der Waals surface area (Å²) in [6.07, 6.45) is 0. The molecule has 0 saturated carbocycles. The molecule has 1 aromatic heterocycles. The molecule has 3 rings (SSSR count). The number of hydrogen-bond acceptors (Lipinski definition) is 4. The van der Waals surface area contributed by atoms with Gasteiger partial charge in [-0.1, -0.05) is 6.07 Å². The van der Waals surface area contributed by atoms with Crippen molar-refractivity contribution in [3.8, 4) is 17.1 Å². The van der Waals surface area contributed by atoms with Crippen LogP contribution in [0.15, 0.2) is 40.9 Å². The van der Waals surface area contributed by atoms with Crippen molar-refractivity contribution in [1.29, 1.82) is 0 Å². The average Bonchev–Trinajstić information content (AvgIpc) is 2.94. The summed E-state index contributed by atoms with van der Waals surface area (Å²) in [6.45, 7) is 1.70. The molecule has 2 N–H and O–H groups in total. The Bertz CT molecular complexity index is 749. The van der Waals surface area contributed by atoms with Crippen molar-refractivity contribution in [3.63, 3.8) is 0 Å². The number of hydrogen-bond donors (Lipinski definition) is 1. The number of nitrogens with two attached hydrogens (primary N) is 1. The summed E-state index contributed by atoms with van der Waals surface area (Å²) < 4.78 is 16.0. The fraction of sp³-hybridized carbons (Fsp3) is 0.0714. The van der Waals surface area contributed by atoms with E-state index in [-0.39, 0.29) is 5.82 Å². The van der Waals surface area contributed by atoms with Crippen molar-refractivity contribution in [1.82, 2.24) is 20.2 Å². The number of aromatic nitrogens is 4. The first-order valence-corrected chi connectivity index (χ1v) is 6.96. The molecule has 21 heavy (non-hydrogen) atoms. The van der Waals surface area contributed by atoms with E-state index in [2.05, 4.69) is 31.5 Å². The second kappa shape index (κ2) is 5.25. The number of benzene rings is 2. The van der Waals surface area contributed by atoms with Crippen molar-refractivity contribution >= 4 is 21.6 Å². The zero-order valence-corrected chi connectivity index (χ0v) is 12.7. The minimum atomic E-state index is -0.302. The lowest BCUT2D eigenvalue weighted by Crippen LogP contribution is -2.01. The normalized spacial score (nSPS) is 10.8. The van der Waals surface area contributed by atoms with Crippen LogP contribution in [0.1, 0.15) is 5.56 Å². The zero-order chi connectivity index (χ0) is 15.0. The van der Waals surface area contributed by atoms with Gasteiger partial charge in [-0.15, -0.1) is 5.10 Å². The Labute approximate surface area is 128 Å². The Morgan fingerprint density at radius 2 is 2.00 bits per heavy atom. The zero-order valence-electron chi connectivity index (χ0n) is 11.1. The molecule has 0 bridgehead atoms. The molecule has 7 heteroatoms. The highest BCUT2D eigenvalue weighted by atomic mass is 79.9. The van der Waals surface area contributed by atoms with Crippen LogP contribution in [0.5, 0.6) is 0 Å². The molecule has 0 amide bonds. The molecule has 0 fully saturated rings. The van der Waals surface area contributed by atoms with Gasteiger partial charge in [0, 0.05) is 15.7 Å². The summed E-state index contributed by atoms with van der Waals surface area (Å²) >= 11 is 3.34. The molecule has 1 heterocycles. The summed E-state index contributed by atoms with van der Waals surface area (Å²) in [5, 5.41) is 11.6. The average molecular weight is 348 g/mol. The van der Waals surface area contributed by atoms with E-state index in [4.69, 9.17) is 5.73 Å². The highest BCUT2D eigenvalue weighted by Gasteiger charge is 2.13. The minimum absolute atomic E-state index is 0.302. The molecule has 5 nitrogen and oxygen atoms in total. The third kappa shape index (κ3) is 2.52. The van der Waals surface area contributed by atoms with Gasteiger partial charge in [0.15, 0.2) is 5.82 Å². The molecular weight excluding hydrogens is 337 g/mol. The van der Waals surface area contributed by atoms with E-state index in [1.54, 1.807) is 25.1 Å². The van der Waals surface area contributed by atoms with E-state index in [1.165, 1.54) is 10.7 Å². The number of halogens is 2. The lowest BCUT2D eigenvalue weighted by molar-refractivity contribution is 0.615. The Morgan fingerprint density at radius 3 is 2.71 bits per heavy atom. The molecule has 0 saturated heterocycles. The standard InChI is InChI=1S/C14H11BrFN5/c1-8-2-4-10(7-12(8)16)21-14(18-19-20-21)9-3-5-11(15)13(17)6-9/h2-7H,17H2,1H3. The smallest absolute Gasteiger partial charge is 0.187 e. The van der Waals surface area contributed by atoms with E-state index in [9.17, 15) is 4.39 Å². The first-order valence-electron chi connectivity index (χ1n) is 6.16. The number of tetrazole rings is 1. The maximum atomic E-state index is 13.7. The van der Waals surface area contributed by atoms with Crippen molar-refractivity contribution in [3.05, 3.63) is 52.3 Å². The molecule has 0 aliphatic carbocycles. The van der Waals surface area contributed by atoms with Crippen LogP contribution in [-0.2, 0) is 0 Å². The molecule has 3 aromatic rings. The first-order chi connectivity index (χ1) is 10.1. The first kappa shape index (κ1) is 13.7. The number of rotatable bonds is 2. The van der Waals surface area contributed by atoms with Gasteiger partial charge in [0.05, 0.1) is 5.69 Å². The SMILES string of the molecule is Cc1ccc(-n2nnnc2-c2ccc(Br)c(N)c2)cc1F.